The molecule has 0 aliphatic carbocycles. The Labute approximate surface area is 209 Å². The van der Waals surface area contributed by atoms with Crippen molar-refractivity contribution in [1.82, 2.24) is 4.90 Å². The monoisotopic (exact) mass is 523 g/mol. The molecule has 0 unspecified atom stereocenters. The second-order valence-corrected chi connectivity index (χ2v) is 9.55. The zero-order valence-electron chi connectivity index (χ0n) is 19.6. The molecule has 1 heterocycles. The number of hydrogen-bond acceptors (Lipinski definition) is 6. The number of nitriles is 1. The van der Waals surface area contributed by atoms with Crippen molar-refractivity contribution in [3.05, 3.63) is 65.0 Å². The van der Waals surface area contributed by atoms with E-state index in [0.29, 0.717) is 15.9 Å². The second-order valence-electron chi connectivity index (χ2n) is 9.18. The highest BCUT2D eigenvalue weighted by Crippen LogP contribution is 2.43. The summed E-state index contributed by atoms with van der Waals surface area (Å²) < 4.78 is 59.6. The van der Waals surface area contributed by atoms with Crippen molar-refractivity contribution in [1.29, 1.82) is 5.26 Å². The Morgan fingerprint density at radius 2 is 1.75 bits per heavy atom. The van der Waals surface area contributed by atoms with Gasteiger partial charge in [-0.3, -0.25) is 9.69 Å². The van der Waals surface area contributed by atoms with E-state index < -0.39 is 57.5 Å². The van der Waals surface area contributed by atoms with E-state index in [2.05, 4.69) is 0 Å². The average molecular weight is 524 g/mol. The van der Waals surface area contributed by atoms with Gasteiger partial charge in [-0.1, -0.05) is 12.1 Å². The van der Waals surface area contributed by atoms with Crippen molar-refractivity contribution in [2.45, 2.75) is 51.1 Å². The predicted molar refractivity (Wildman–Crippen MR) is 124 cm³/mol. The number of carbonyl (C=O) groups excluding carboxylic acids is 2. The largest absolute Gasteiger partial charge is 0.443 e. The molecule has 7 nitrogen and oxygen atoms in total. The summed E-state index contributed by atoms with van der Waals surface area (Å²) in [6.45, 7) is 5.82. The first-order valence-corrected chi connectivity index (χ1v) is 10.9. The number of rotatable bonds is 3. The van der Waals surface area contributed by atoms with Crippen LogP contribution in [0.1, 0.15) is 50.5 Å². The van der Waals surface area contributed by atoms with Crippen LogP contribution in [0.3, 0.4) is 0 Å². The van der Waals surface area contributed by atoms with Gasteiger partial charge in [0.05, 0.1) is 22.9 Å². The van der Waals surface area contributed by atoms with Crippen LogP contribution >= 0.6 is 12.2 Å². The standard InChI is InChI=1S/C24H21F4N3O4S/c1-22(2,3)35-21(34)31-20(36)30(16-10-7-14(12-29)17(11-16)24(26,27)28)19(33)23(31,4)18(32)13-5-8-15(25)9-6-13/h5-11,18,32H,1-4H3/t18-,23+/m0/s1. The Hall–Kier alpha value is -3.56. The fraction of sp³-hybridized carbons (Fsp3) is 0.333. The highest BCUT2D eigenvalue weighted by Gasteiger charge is 2.61. The average Bonchev–Trinajstić information content (AvgIpc) is 2.97. The number of anilines is 1. The Bertz CT molecular complexity index is 1270. The predicted octanol–water partition coefficient (Wildman–Crippen LogP) is 5.08. The Morgan fingerprint density at radius 3 is 2.25 bits per heavy atom. The van der Waals surface area contributed by atoms with Crippen LogP contribution in [0, 0.1) is 17.1 Å². The van der Waals surface area contributed by atoms with E-state index in [0.717, 1.165) is 24.3 Å². The van der Waals surface area contributed by atoms with Gasteiger partial charge >= 0.3 is 12.3 Å². The quantitative estimate of drug-likeness (QED) is 0.446. The molecule has 0 radical (unpaired) electrons. The van der Waals surface area contributed by atoms with E-state index in [9.17, 15) is 32.3 Å². The first kappa shape index (κ1) is 27.0. The van der Waals surface area contributed by atoms with E-state index in [1.807, 2.05) is 0 Å². The van der Waals surface area contributed by atoms with Crippen molar-refractivity contribution in [2.24, 2.45) is 0 Å². The Morgan fingerprint density at radius 1 is 1.17 bits per heavy atom. The van der Waals surface area contributed by atoms with Crippen molar-refractivity contribution in [2.75, 3.05) is 4.90 Å². The molecule has 1 aliphatic rings. The number of halogens is 4. The molecule has 1 fully saturated rings. The molecule has 3 rings (SSSR count). The Kier molecular flexibility index (Phi) is 6.87. The van der Waals surface area contributed by atoms with Crippen LogP contribution in [-0.2, 0) is 15.7 Å². The van der Waals surface area contributed by atoms with E-state index in [1.165, 1.54) is 25.1 Å². The lowest BCUT2D eigenvalue weighted by atomic mass is 9.88. The molecule has 0 spiro atoms. The van der Waals surface area contributed by atoms with Gasteiger partial charge in [0.2, 0.25) is 0 Å². The van der Waals surface area contributed by atoms with Crippen molar-refractivity contribution in [3.8, 4) is 6.07 Å². The summed E-state index contributed by atoms with van der Waals surface area (Å²) in [4.78, 5) is 28.3. The summed E-state index contributed by atoms with van der Waals surface area (Å²) in [7, 11) is 0. The minimum absolute atomic E-state index is 0.0428. The van der Waals surface area contributed by atoms with E-state index in [4.69, 9.17) is 22.2 Å². The van der Waals surface area contributed by atoms with Gasteiger partial charge < -0.3 is 9.84 Å². The third kappa shape index (κ3) is 4.76. The van der Waals surface area contributed by atoms with Gasteiger partial charge in [-0.15, -0.1) is 0 Å². The molecule has 0 bridgehead atoms. The van der Waals surface area contributed by atoms with Crippen LogP contribution in [-0.4, -0.2) is 38.3 Å². The third-order valence-electron chi connectivity index (χ3n) is 5.46. The molecular formula is C24H21F4N3O4S. The van der Waals surface area contributed by atoms with Crippen LogP contribution in [0.5, 0.6) is 0 Å². The van der Waals surface area contributed by atoms with E-state index in [-0.39, 0.29) is 11.3 Å². The maximum absolute atomic E-state index is 13.7. The number of thiocarbonyl (C=S) groups is 1. The highest BCUT2D eigenvalue weighted by atomic mass is 32.1. The summed E-state index contributed by atoms with van der Waals surface area (Å²) in [6.07, 6.45) is -7.83. The second kappa shape index (κ2) is 9.15. The maximum Gasteiger partial charge on any atom is 0.417 e. The molecule has 1 aliphatic heterocycles. The summed E-state index contributed by atoms with van der Waals surface area (Å²) in [5.41, 5.74) is -5.55. The number of aliphatic hydroxyl groups is 1. The first-order valence-electron chi connectivity index (χ1n) is 10.5. The van der Waals surface area contributed by atoms with E-state index >= 15 is 0 Å². The van der Waals surface area contributed by atoms with Crippen LogP contribution in [0.4, 0.5) is 28.0 Å². The van der Waals surface area contributed by atoms with Gasteiger partial charge in [-0.25, -0.2) is 14.1 Å². The fourth-order valence-corrected chi connectivity index (χ4v) is 4.18. The van der Waals surface area contributed by atoms with Gasteiger partial charge in [-0.05, 0) is 75.8 Å². The number of hydrogen-bond donors (Lipinski definition) is 1. The number of aliphatic hydroxyl groups excluding tert-OH is 1. The normalized spacial score (nSPS) is 19.3. The lowest BCUT2D eigenvalue weighted by Gasteiger charge is -2.36. The molecule has 2 atom stereocenters. The van der Waals surface area contributed by atoms with Crippen LogP contribution < -0.4 is 4.90 Å². The van der Waals surface area contributed by atoms with Crippen molar-refractivity contribution >= 4 is 35.0 Å². The number of benzene rings is 2. The summed E-state index contributed by atoms with van der Waals surface area (Å²) in [5, 5.41) is 19.7. The first-order chi connectivity index (χ1) is 16.5. The smallest absolute Gasteiger partial charge is 0.417 e. The van der Waals surface area contributed by atoms with Gasteiger partial charge in [0.1, 0.15) is 17.5 Å². The molecule has 2 aromatic carbocycles. The lowest BCUT2D eigenvalue weighted by Crippen LogP contribution is -2.55. The van der Waals surface area contributed by atoms with Crippen molar-refractivity contribution in [3.63, 3.8) is 0 Å². The van der Waals surface area contributed by atoms with Crippen LogP contribution in [0.2, 0.25) is 0 Å². The number of ether oxygens (including phenoxy) is 1. The lowest BCUT2D eigenvalue weighted by molar-refractivity contribution is -0.138. The molecule has 1 saturated heterocycles. The van der Waals surface area contributed by atoms with Gasteiger partial charge in [-0.2, -0.15) is 18.4 Å². The molecule has 1 N–H and O–H groups in total. The zero-order valence-corrected chi connectivity index (χ0v) is 20.4. The molecule has 190 valence electrons. The summed E-state index contributed by atoms with van der Waals surface area (Å²) in [6, 6.07) is 8.41. The topological polar surface area (TPSA) is 93.9 Å². The molecule has 0 saturated carbocycles. The van der Waals surface area contributed by atoms with Gasteiger partial charge in [0.15, 0.2) is 10.7 Å². The molecule has 2 amide bonds. The summed E-state index contributed by atoms with van der Waals surface area (Å²) >= 11 is 5.34. The zero-order chi connectivity index (χ0) is 27.2. The molecule has 0 aromatic heterocycles. The summed E-state index contributed by atoms with van der Waals surface area (Å²) in [5.74, 6) is -1.65. The van der Waals surface area contributed by atoms with Crippen LogP contribution in [0.15, 0.2) is 42.5 Å². The van der Waals surface area contributed by atoms with Crippen molar-refractivity contribution < 1.29 is 37.0 Å². The molecular weight excluding hydrogens is 502 g/mol. The van der Waals surface area contributed by atoms with Gasteiger partial charge in [0, 0.05) is 0 Å². The van der Waals surface area contributed by atoms with Gasteiger partial charge in [0.25, 0.3) is 5.91 Å². The minimum atomic E-state index is -4.92. The highest BCUT2D eigenvalue weighted by molar-refractivity contribution is 7.80. The van der Waals surface area contributed by atoms with E-state index in [1.54, 1.807) is 20.8 Å². The molecule has 36 heavy (non-hydrogen) atoms. The molecule has 2 aromatic rings. The molecule has 12 heteroatoms. The maximum atomic E-state index is 13.7. The van der Waals surface area contributed by atoms with Crippen LogP contribution in [0.25, 0.3) is 0 Å². The Balaban J connectivity index is 2.20. The number of nitrogens with zero attached hydrogens (tertiary/aromatic N) is 3. The number of amides is 2. The number of alkyl halides is 3. The third-order valence-corrected chi connectivity index (χ3v) is 5.83. The fourth-order valence-electron chi connectivity index (χ4n) is 3.72. The minimum Gasteiger partial charge on any atom is -0.443 e. The SMILES string of the molecule is CC(C)(C)OC(=O)N1C(=S)N(c2ccc(C#N)c(C(F)(F)F)c2)C(=O)[C@@]1(C)[C@@H](O)c1ccc(F)cc1. The number of carbonyl (C=O) groups is 2.